The van der Waals surface area contributed by atoms with Crippen LogP contribution in [-0.2, 0) is 0 Å². The zero-order valence-electron chi connectivity index (χ0n) is 14.8. The molecule has 146 valence electrons. The van der Waals surface area contributed by atoms with E-state index in [1.807, 2.05) is 0 Å². The molecule has 0 aromatic heterocycles. The molecular weight excluding hydrogens is 388 g/mol. The van der Waals surface area contributed by atoms with Crippen LogP contribution in [0.5, 0.6) is 0 Å². The Balaban J connectivity index is 1.79. The van der Waals surface area contributed by atoms with Crippen molar-refractivity contribution in [2.24, 2.45) is 0 Å². The van der Waals surface area contributed by atoms with Crippen molar-refractivity contribution in [3.05, 3.63) is 73.3 Å². The number of hydrogen-bond donors (Lipinski definition) is 0. The molecule has 1 aliphatic rings. The first-order chi connectivity index (χ1) is 13.4. The molecule has 1 aliphatic heterocycles. The van der Waals surface area contributed by atoms with Gasteiger partial charge in [0, 0.05) is 42.8 Å². The van der Waals surface area contributed by atoms with Crippen molar-refractivity contribution in [1.29, 1.82) is 0 Å². The van der Waals surface area contributed by atoms with Crippen LogP contribution in [0.4, 0.5) is 17.1 Å². The second-order valence-corrected chi connectivity index (χ2v) is 6.77. The SMILES string of the molecule is O=C(c1cccc(Cl)c1)N1CCCN(c2ccc([N+](=O)[O-])cc2[N+](=O)[O-])CC1. The average Bonchev–Trinajstić information content (AvgIpc) is 2.93. The highest BCUT2D eigenvalue weighted by atomic mass is 35.5. The first-order valence-electron chi connectivity index (χ1n) is 8.59. The van der Waals surface area contributed by atoms with Crippen molar-refractivity contribution in [2.45, 2.75) is 6.42 Å². The molecule has 0 saturated carbocycles. The molecule has 9 nitrogen and oxygen atoms in total. The quantitative estimate of drug-likeness (QED) is 0.569. The zero-order chi connectivity index (χ0) is 20.3. The number of carbonyl (C=O) groups excluding carboxylic acids is 1. The predicted octanol–water partition coefficient (Wildman–Crippen LogP) is 3.51. The Kier molecular flexibility index (Phi) is 5.74. The zero-order valence-corrected chi connectivity index (χ0v) is 15.5. The molecule has 0 unspecified atom stereocenters. The molecule has 10 heteroatoms. The fraction of sp³-hybridized carbons (Fsp3) is 0.278. The summed E-state index contributed by atoms with van der Waals surface area (Å²) in [5.41, 5.74) is 0.154. The number of benzene rings is 2. The summed E-state index contributed by atoms with van der Waals surface area (Å²) in [5, 5.41) is 22.8. The maximum Gasteiger partial charge on any atom is 0.299 e. The molecule has 2 aromatic rings. The minimum absolute atomic E-state index is 0.150. The number of halogens is 1. The summed E-state index contributed by atoms with van der Waals surface area (Å²) in [6.07, 6.45) is 0.612. The highest BCUT2D eigenvalue weighted by Crippen LogP contribution is 2.32. The van der Waals surface area contributed by atoms with Crippen LogP contribution in [0.1, 0.15) is 16.8 Å². The molecule has 0 bridgehead atoms. The Bertz CT molecular complexity index is 936. The molecule has 0 atom stereocenters. The topological polar surface area (TPSA) is 110 Å². The molecule has 1 fully saturated rings. The van der Waals surface area contributed by atoms with Gasteiger partial charge in [-0.05, 0) is 30.7 Å². The standard InChI is InChI=1S/C18H17ClN4O5/c19-14-4-1-3-13(11-14)18(24)21-8-2-7-20(9-10-21)16-6-5-15(22(25)26)12-17(16)23(27)28/h1,3-6,11-12H,2,7-10H2. The number of amides is 1. The Hall–Kier alpha value is -3.20. The lowest BCUT2D eigenvalue weighted by Gasteiger charge is -2.23. The maximum atomic E-state index is 12.7. The van der Waals surface area contributed by atoms with E-state index in [0.29, 0.717) is 48.9 Å². The van der Waals surface area contributed by atoms with Gasteiger partial charge in [-0.15, -0.1) is 0 Å². The second kappa shape index (κ2) is 8.22. The van der Waals surface area contributed by atoms with E-state index < -0.39 is 9.85 Å². The molecule has 3 rings (SSSR count). The largest absolute Gasteiger partial charge is 0.364 e. The van der Waals surface area contributed by atoms with Crippen molar-refractivity contribution in [3.8, 4) is 0 Å². The van der Waals surface area contributed by atoms with Crippen molar-refractivity contribution in [3.63, 3.8) is 0 Å². The van der Waals surface area contributed by atoms with Gasteiger partial charge in [0.1, 0.15) is 5.69 Å². The summed E-state index contributed by atoms with van der Waals surface area (Å²) in [4.78, 5) is 37.2. The minimum atomic E-state index is -0.662. The van der Waals surface area contributed by atoms with Gasteiger partial charge in [-0.1, -0.05) is 17.7 Å². The average molecular weight is 405 g/mol. The van der Waals surface area contributed by atoms with Gasteiger partial charge >= 0.3 is 0 Å². The van der Waals surface area contributed by atoms with Gasteiger partial charge in [0.2, 0.25) is 0 Å². The van der Waals surface area contributed by atoms with Crippen LogP contribution in [0.2, 0.25) is 5.02 Å². The normalized spacial score (nSPS) is 14.5. The molecule has 0 aliphatic carbocycles. The fourth-order valence-corrected chi connectivity index (χ4v) is 3.39. The fourth-order valence-electron chi connectivity index (χ4n) is 3.20. The third kappa shape index (κ3) is 4.20. The van der Waals surface area contributed by atoms with Gasteiger partial charge in [-0.25, -0.2) is 0 Å². The lowest BCUT2D eigenvalue weighted by molar-refractivity contribution is -0.393. The predicted molar refractivity (Wildman–Crippen MR) is 104 cm³/mol. The van der Waals surface area contributed by atoms with E-state index in [4.69, 9.17) is 11.6 Å². The van der Waals surface area contributed by atoms with Crippen LogP contribution in [0, 0.1) is 20.2 Å². The van der Waals surface area contributed by atoms with Crippen molar-refractivity contribution >= 4 is 34.6 Å². The van der Waals surface area contributed by atoms with E-state index in [-0.39, 0.29) is 17.3 Å². The van der Waals surface area contributed by atoms with E-state index in [2.05, 4.69) is 0 Å². The maximum absolute atomic E-state index is 12.7. The monoisotopic (exact) mass is 404 g/mol. The highest BCUT2D eigenvalue weighted by molar-refractivity contribution is 6.30. The Morgan fingerprint density at radius 1 is 0.964 bits per heavy atom. The van der Waals surface area contributed by atoms with Crippen LogP contribution in [0.15, 0.2) is 42.5 Å². The van der Waals surface area contributed by atoms with Gasteiger partial charge in [0.25, 0.3) is 17.3 Å². The number of nitro benzene ring substituents is 2. The lowest BCUT2D eigenvalue weighted by atomic mass is 10.2. The Morgan fingerprint density at radius 2 is 1.75 bits per heavy atom. The van der Waals surface area contributed by atoms with E-state index in [1.165, 1.54) is 12.1 Å². The van der Waals surface area contributed by atoms with Crippen LogP contribution in [0.25, 0.3) is 0 Å². The van der Waals surface area contributed by atoms with Crippen molar-refractivity contribution in [1.82, 2.24) is 4.90 Å². The molecule has 0 spiro atoms. The van der Waals surface area contributed by atoms with E-state index in [9.17, 15) is 25.0 Å². The number of carbonyl (C=O) groups is 1. The molecule has 1 amide bonds. The smallest absolute Gasteiger partial charge is 0.299 e. The number of hydrogen-bond acceptors (Lipinski definition) is 6. The number of nitro groups is 2. The third-order valence-corrected chi connectivity index (χ3v) is 4.80. The summed E-state index contributed by atoms with van der Waals surface area (Å²) < 4.78 is 0. The number of non-ortho nitro benzene ring substituents is 1. The molecule has 0 radical (unpaired) electrons. The number of anilines is 1. The van der Waals surface area contributed by atoms with Gasteiger partial charge in [0.05, 0.1) is 15.9 Å². The number of rotatable bonds is 4. The summed E-state index contributed by atoms with van der Waals surface area (Å²) in [7, 11) is 0. The summed E-state index contributed by atoms with van der Waals surface area (Å²) in [6, 6.07) is 10.3. The molecular formula is C18H17ClN4O5. The van der Waals surface area contributed by atoms with Crippen LogP contribution in [0.3, 0.4) is 0 Å². The molecule has 2 aromatic carbocycles. The van der Waals surface area contributed by atoms with E-state index in [0.717, 1.165) is 6.07 Å². The third-order valence-electron chi connectivity index (χ3n) is 4.56. The first kappa shape index (κ1) is 19.6. The first-order valence-corrected chi connectivity index (χ1v) is 8.97. The van der Waals surface area contributed by atoms with Gasteiger partial charge in [-0.3, -0.25) is 25.0 Å². The van der Waals surface area contributed by atoms with Crippen molar-refractivity contribution < 1.29 is 14.6 Å². The number of nitrogens with zero attached hydrogens (tertiary/aromatic N) is 4. The highest BCUT2D eigenvalue weighted by Gasteiger charge is 2.26. The minimum Gasteiger partial charge on any atom is -0.364 e. The molecule has 28 heavy (non-hydrogen) atoms. The van der Waals surface area contributed by atoms with Gasteiger partial charge in [0.15, 0.2) is 0 Å². The summed E-state index contributed by atoms with van der Waals surface area (Å²) >= 11 is 5.95. The van der Waals surface area contributed by atoms with Crippen LogP contribution in [-0.4, -0.2) is 46.8 Å². The summed E-state index contributed by atoms with van der Waals surface area (Å²) in [6.45, 7) is 1.76. The van der Waals surface area contributed by atoms with Crippen molar-refractivity contribution in [2.75, 3.05) is 31.1 Å². The van der Waals surface area contributed by atoms with Crippen LogP contribution < -0.4 is 4.90 Å². The molecule has 1 heterocycles. The van der Waals surface area contributed by atoms with Gasteiger partial charge < -0.3 is 9.80 Å². The molecule has 1 saturated heterocycles. The molecule has 0 N–H and O–H groups in total. The Morgan fingerprint density at radius 3 is 2.43 bits per heavy atom. The van der Waals surface area contributed by atoms with Crippen LogP contribution >= 0.6 is 11.6 Å². The van der Waals surface area contributed by atoms with Gasteiger partial charge in [-0.2, -0.15) is 0 Å². The second-order valence-electron chi connectivity index (χ2n) is 6.33. The van der Waals surface area contributed by atoms with E-state index >= 15 is 0 Å². The summed E-state index contributed by atoms with van der Waals surface area (Å²) in [5.74, 6) is -0.150. The lowest BCUT2D eigenvalue weighted by Crippen LogP contribution is -2.35. The Labute approximate surface area is 165 Å². The van der Waals surface area contributed by atoms with E-state index in [1.54, 1.807) is 34.1 Å².